The summed E-state index contributed by atoms with van der Waals surface area (Å²) in [5, 5.41) is 4.35. The first-order valence-electron chi connectivity index (χ1n) is 6.27. The second-order valence-corrected chi connectivity index (χ2v) is 3.77. The van der Waals surface area contributed by atoms with Crippen LogP contribution in [0.25, 0.3) is 5.95 Å². The van der Waals surface area contributed by atoms with Crippen LogP contribution in [0, 0.1) is 0 Å². The van der Waals surface area contributed by atoms with E-state index in [4.69, 9.17) is 10.5 Å². The minimum atomic E-state index is 0.101. The zero-order valence-corrected chi connectivity index (χ0v) is 11.3. The lowest BCUT2D eigenvalue weighted by Crippen LogP contribution is -2.12. The molecule has 0 bridgehead atoms. The monoisotopic (exact) mass is 263 g/mol. The van der Waals surface area contributed by atoms with Crippen LogP contribution in [0.3, 0.4) is 0 Å². The van der Waals surface area contributed by atoms with E-state index in [0.717, 1.165) is 24.5 Å². The van der Waals surface area contributed by atoms with Gasteiger partial charge < -0.3 is 10.5 Å². The van der Waals surface area contributed by atoms with Crippen LogP contribution in [0.2, 0.25) is 0 Å². The molecule has 0 atom stereocenters. The Kier molecular flexibility index (Phi) is 3.88. The number of nitrogens with zero attached hydrogens (tertiary/aromatic N) is 6. The smallest absolute Gasteiger partial charge is 0.323 e. The van der Waals surface area contributed by atoms with Crippen LogP contribution in [0.1, 0.15) is 32.4 Å². The number of hydrogen-bond donors (Lipinski definition) is 1. The Bertz CT molecular complexity index is 566. The van der Waals surface area contributed by atoms with Crippen molar-refractivity contribution in [1.82, 2.24) is 29.7 Å². The van der Waals surface area contributed by atoms with Gasteiger partial charge in [-0.2, -0.15) is 19.6 Å². The molecule has 0 aliphatic rings. The number of aryl methyl sites for hydroxylation is 2. The molecule has 2 heterocycles. The summed E-state index contributed by atoms with van der Waals surface area (Å²) in [5.41, 5.74) is 5.65. The van der Waals surface area contributed by atoms with Gasteiger partial charge in [-0.05, 0) is 6.92 Å². The van der Waals surface area contributed by atoms with E-state index >= 15 is 0 Å². The number of anilines is 1. The lowest BCUT2D eigenvalue weighted by atomic mass is 10.4. The highest BCUT2D eigenvalue weighted by Gasteiger charge is 2.14. The van der Waals surface area contributed by atoms with Crippen molar-refractivity contribution in [2.45, 2.75) is 33.6 Å². The summed E-state index contributed by atoms with van der Waals surface area (Å²) in [5.74, 6) is 1.96. The van der Waals surface area contributed by atoms with Crippen LogP contribution in [-0.2, 0) is 12.8 Å². The van der Waals surface area contributed by atoms with Crippen molar-refractivity contribution in [3.8, 4) is 12.0 Å². The highest BCUT2D eigenvalue weighted by molar-refractivity contribution is 5.25. The lowest BCUT2D eigenvalue weighted by molar-refractivity contribution is 0.311. The molecule has 2 N–H and O–H groups in total. The molecule has 0 saturated heterocycles. The van der Waals surface area contributed by atoms with E-state index < -0.39 is 0 Å². The van der Waals surface area contributed by atoms with Gasteiger partial charge >= 0.3 is 6.01 Å². The zero-order chi connectivity index (χ0) is 13.8. The van der Waals surface area contributed by atoms with E-state index in [1.807, 2.05) is 20.8 Å². The van der Waals surface area contributed by atoms with Crippen LogP contribution >= 0.6 is 0 Å². The summed E-state index contributed by atoms with van der Waals surface area (Å²) in [4.78, 5) is 16.6. The van der Waals surface area contributed by atoms with Crippen LogP contribution in [0.15, 0.2) is 0 Å². The number of aromatic nitrogens is 6. The Morgan fingerprint density at radius 3 is 2.47 bits per heavy atom. The first-order chi connectivity index (χ1) is 9.17. The van der Waals surface area contributed by atoms with Crippen molar-refractivity contribution in [2.75, 3.05) is 12.3 Å². The van der Waals surface area contributed by atoms with Gasteiger partial charge in [-0.1, -0.05) is 13.8 Å². The number of ether oxygens (including phenoxy) is 1. The van der Waals surface area contributed by atoms with Gasteiger partial charge in [0.25, 0.3) is 5.95 Å². The van der Waals surface area contributed by atoms with Crippen LogP contribution in [-0.4, -0.2) is 36.3 Å². The fourth-order valence-electron chi connectivity index (χ4n) is 1.58. The first-order valence-corrected chi connectivity index (χ1v) is 6.27. The predicted octanol–water partition coefficient (Wildman–Crippen LogP) is 0.558. The highest BCUT2D eigenvalue weighted by atomic mass is 16.5. The molecule has 8 nitrogen and oxygen atoms in total. The molecule has 0 spiro atoms. The van der Waals surface area contributed by atoms with Gasteiger partial charge in [0.05, 0.1) is 6.61 Å². The molecule has 2 aromatic rings. The fourth-order valence-corrected chi connectivity index (χ4v) is 1.58. The summed E-state index contributed by atoms with van der Waals surface area (Å²) in [6, 6.07) is 0.195. The Balaban J connectivity index is 2.48. The van der Waals surface area contributed by atoms with E-state index in [9.17, 15) is 0 Å². The third-order valence-corrected chi connectivity index (χ3v) is 2.43. The number of hydrogen-bond acceptors (Lipinski definition) is 7. The molecule has 0 amide bonds. The third-order valence-electron chi connectivity index (χ3n) is 2.43. The van der Waals surface area contributed by atoms with Crippen molar-refractivity contribution < 1.29 is 4.74 Å². The molecule has 2 rings (SSSR count). The van der Waals surface area contributed by atoms with Gasteiger partial charge in [0.15, 0.2) is 5.82 Å². The topological polar surface area (TPSA) is 105 Å². The van der Waals surface area contributed by atoms with Gasteiger partial charge in [-0.3, -0.25) is 0 Å². The zero-order valence-electron chi connectivity index (χ0n) is 11.3. The van der Waals surface area contributed by atoms with E-state index in [1.165, 1.54) is 0 Å². The van der Waals surface area contributed by atoms with Gasteiger partial charge in [0.2, 0.25) is 5.95 Å². The summed E-state index contributed by atoms with van der Waals surface area (Å²) in [6.07, 6.45) is 1.47. The molecule has 0 aromatic carbocycles. The molecule has 8 heteroatoms. The Morgan fingerprint density at radius 2 is 1.84 bits per heavy atom. The van der Waals surface area contributed by atoms with E-state index in [2.05, 4.69) is 25.0 Å². The SMILES string of the molecule is CCOc1nc(N)nc(-n2nc(CC)nc2CC)n1. The Hall–Kier alpha value is -2.25. The number of nitrogen functional groups attached to an aromatic ring is 1. The van der Waals surface area contributed by atoms with Crippen molar-refractivity contribution >= 4 is 5.95 Å². The average molecular weight is 263 g/mol. The maximum absolute atomic E-state index is 5.65. The Morgan fingerprint density at radius 1 is 1.05 bits per heavy atom. The van der Waals surface area contributed by atoms with Gasteiger partial charge in [-0.25, -0.2) is 4.98 Å². The molecule has 0 radical (unpaired) electrons. The van der Waals surface area contributed by atoms with Gasteiger partial charge in [0, 0.05) is 12.8 Å². The molecule has 0 aliphatic heterocycles. The van der Waals surface area contributed by atoms with Gasteiger partial charge in [-0.15, -0.1) is 5.10 Å². The molecule has 2 aromatic heterocycles. The van der Waals surface area contributed by atoms with Crippen LogP contribution in [0.5, 0.6) is 6.01 Å². The third kappa shape index (κ3) is 2.78. The summed E-state index contributed by atoms with van der Waals surface area (Å²) >= 11 is 0. The molecule has 102 valence electrons. The predicted molar refractivity (Wildman–Crippen MR) is 69.1 cm³/mol. The number of rotatable bonds is 5. The van der Waals surface area contributed by atoms with E-state index in [-0.39, 0.29) is 12.0 Å². The van der Waals surface area contributed by atoms with Crippen LogP contribution in [0.4, 0.5) is 5.95 Å². The fraction of sp³-hybridized carbons (Fsp3) is 0.545. The summed E-state index contributed by atoms with van der Waals surface area (Å²) in [6.45, 7) is 6.29. The molecule has 0 fully saturated rings. The van der Waals surface area contributed by atoms with Crippen molar-refractivity contribution in [1.29, 1.82) is 0 Å². The highest BCUT2D eigenvalue weighted by Crippen LogP contribution is 2.11. The molecule has 0 saturated carbocycles. The van der Waals surface area contributed by atoms with E-state index in [1.54, 1.807) is 4.68 Å². The normalized spacial score (nSPS) is 10.7. The maximum Gasteiger partial charge on any atom is 0.323 e. The Labute approximate surface area is 111 Å². The lowest BCUT2D eigenvalue weighted by Gasteiger charge is -2.05. The molecule has 0 unspecified atom stereocenters. The summed E-state index contributed by atoms with van der Waals surface area (Å²) in [7, 11) is 0. The maximum atomic E-state index is 5.65. The molecular formula is C11H17N7O. The average Bonchev–Trinajstić information content (AvgIpc) is 2.81. The van der Waals surface area contributed by atoms with Gasteiger partial charge in [0.1, 0.15) is 5.82 Å². The molecular weight excluding hydrogens is 246 g/mol. The first kappa shape index (κ1) is 13.2. The summed E-state index contributed by atoms with van der Waals surface area (Å²) < 4.78 is 6.83. The van der Waals surface area contributed by atoms with Crippen molar-refractivity contribution in [3.63, 3.8) is 0 Å². The van der Waals surface area contributed by atoms with Crippen molar-refractivity contribution in [3.05, 3.63) is 11.6 Å². The largest absolute Gasteiger partial charge is 0.464 e. The second kappa shape index (κ2) is 5.59. The quantitative estimate of drug-likeness (QED) is 0.840. The van der Waals surface area contributed by atoms with Crippen LogP contribution < -0.4 is 10.5 Å². The van der Waals surface area contributed by atoms with E-state index in [0.29, 0.717) is 12.6 Å². The minimum Gasteiger partial charge on any atom is -0.464 e. The second-order valence-electron chi connectivity index (χ2n) is 3.77. The standard InChI is InChI=1S/C11H17N7O/c1-4-7-13-8(5-2)18(17-7)10-14-9(12)15-11(16-10)19-6-3/h4-6H2,1-3H3,(H2,12,14,15,16). The number of nitrogens with two attached hydrogens (primary N) is 1. The van der Waals surface area contributed by atoms with Crippen molar-refractivity contribution in [2.24, 2.45) is 0 Å². The minimum absolute atomic E-state index is 0.101. The molecule has 19 heavy (non-hydrogen) atoms. The molecule has 0 aliphatic carbocycles.